The molecule has 1 fully saturated rings. The van der Waals surface area contributed by atoms with Crippen LogP contribution in [0.5, 0.6) is 0 Å². The molecule has 1 aliphatic rings. The molecule has 0 unspecified atom stereocenters. The number of aromatic nitrogens is 8. The van der Waals surface area contributed by atoms with Crippen LogP contribution in [-0.2, 0) is 0 Å². The first-order valence-electron chi connectivity index (χ1n) is 8.71. The maximum Gasteiger partial charge on any atom is 0.291 e. The molecule has 0 saturated carbocycles. The number of aromatic amines is 1. The molecule has 5 heterocycles. The van der Waals surface area contributed by atoms with Crippen molar-refractivity contribution in [3.05, 3.63) is 48.8 Å². The van der Waals surface area contributed by atoms with Crippen molar-refractivity contribution in [3.63, 3.8) is 0 Å². The van der Waals surface area contributed by atoms with E-state index in [1.54, 1.807) is 28.9 Å². The van der Waals surface area contributed by atoms with Crippen LogP contribution in [0.15, 0.2) is 43.0 Å². The van der Waals surface area contributed by atoms with Crippen LogP contribution in [0.25, 0.3) is 17.0 Å². The Bertz CT molecular complexity index is 1120. The fourth-order valence-electron chi connectivity index (χ4n) is 3.15. The van der Waals surface area contributed by atoms with Gasteiger partial charge in [0, 0.05) is 38.1 Å². The van der Waals surface area contributed by atoms with Crippen LogP contribution in [0, 0.1) is 0 Å². The summed E-state index contributed by atoms with van der Waals surface area (Å²) < 4.78 is 1.71. The predicted octanol–water partition coefficient (Wildman–Crippen LogP) is 0.265. The van der Waals surface area contributed by atoms with Crippen molar-refractivity contribution in [3.8, 4) is 11.4 Å². The summed E-state index contributed by atoms with van der Waals surface area (Å²) in [5, 5.41) is 19.4. The number of nitrogens with zero attached hydrogens (tertiary/aromatic N) is 9. The molecule has 1 amide bonds. The molecule has 0 spiro atoms. The Morgan fingerprint density at radius 2 is 2.14 bits per heavy atom. The smallest absolute Gasteiger partial charge is 0.291 e. The molecule has 1 aliphatic heterocycles. The Hall–Kier alpha value is -3.89. The van der Waals surface area contributed by atoms with E-state index in [0.29, 0.717) is 24.6 Å². The summed E-state index contributed by atoms with van der Waals surface area (Å²) in [5.74, 6) is 1.50. The molecule has 28 heavy (non-hydrogen) atoms. The van der Waals surface area contributed by atoms with E-state index in [1.807, 2.05) is 24.3 Å². The van der Waals surface area contributed by atoms with Crippen molar-refractivity contribution in [2.45, 2.75) is 6.04 Å². The number of nitrogens with one attached hydrogen (secondary N) is 1. The minimum absolute atomic E-state index is 0.0776. The van der Waals surface area contributed by atoms with Gasteiger partial charge in [-0.1, -0.05) is 0 Å². The Labute approximate surface area is 159 Å². The number of amides is 1. The molecule has 4 aromatic rings. The maximum atomic E-state index is 12.4. The fraction of sp³-hybridized carbons (Fsp3) is 0.235. The van der Waals surface area contributed by atoms with Crippen molar-refractivity contribution in [2.75, 3.05) is 25.0 Å². The summed E-state index contributed by atoms with van der Waals surface area (Å²) in [6.45, 7) is 1.36. The molecule has 0 aliphatic carbocycles. The van der Waals surface area contributed by atoms with Crippen LogP contribution >= 0.6 is 0 Å². The molecule has 0 radical (unpaired) electrons. The Morgan fingerprint density at radius 1 is 1.25 bits per heavy atom. The summed E-state index contributed by atoms with van der Waals surface area (Å²) in [4.78, 5) is 24.2. The molecule has 1 N–H and O–H groups in total. The lowest BCUT2D eigenvalue weighted by Crippen LogP contribution is -2.60. The van der Waals surface area contributed by atoms with Gasteiger partial charge in [-0.15, -0.1) is 15.3 Å². The summed E-state index contributed by atoms with van der Waals surface area (Å²) in [6.07, 6.45) is 4.77. The van der Waals surface area contributed by atoms with Gasteiger partial charge >= 0.3 is 0 Å². The standard InChI is InChI=1S/C17H16N10O/c1-25(17(28)15-19-10-20-22-15)12-8-26(9-12)14-5-4-13-21-23-16(27(13)24-14)11-3-2-6-18-7-11/h2-7,10,12H,8-9H2,1H3,(H,19,20,22). The highest BCUT2D eigenvalue weighted by molar-refractivity contribution is 5.90. The quantitative estimate of drug-likeness (QED) is 0.538. The van der Waals surface area contributed by atoms with Crippen LogP contribution in [0.4, 0.5) is 5.82 Å². The normalized spacial score (nSPS) is 14.2. The van der Waals surface area contributed by atoms with Gasteiger partial charge in [0.2, 0.25) is 5.82 Å². The monoisotopic (exact) mass is 376 g/mol. The molecule has 0 atom stereocenters. The van der Waals surface area contributed by atoms with Gasteiger partial charge in [-0.05, 0) is 24.3 Å². The first-order valence-corrected chi connectivity index (χ1v) is 8.71. The van der Waals surface area contributed by atoms with E-state index >= 15 is 0 Å². The Morgan fingerprint density at radius 3 is 2.89 bits per heavy atom. The van der Waals surface area contributed by atoms with E-state index in [-0.39, 0.29) is 17.8 Å². The highest BCUT2D eigenvalue weighted by Gasteiger charge is 2.34. The van der Waals surface area contributed by atoms with Crippen LogP contribution in [0.3, 0.4) is 0 Å². The van der Waals surface area contributed by atoms with Crippen molar-refractivity contribution >= 4 is 17.4 Å². The van der Waals surface area contributed by atoms with Crippen LogP contribution in [-0.4, -0.2) is 77.0 Å². The third-order valence-corrected chi connectivity index (χ3v) is 4.84. The van der Waals surface area contributed by atoms with E-state index in [4.69, 9.17) is 0 Å². The fourth-order valence-corrected chi connectivity index (χ4v) is 3.15. The second kappa shape index (κ2) is 6.37. The minimum Gasteiger partial charge on any atom is -0.351 e. The topological polar surface area (TPSA) is 121 Å². The number of hydrogen-bond donors (Lipinski definition) is 1. The van der Waals surface area contributed by atoms with Crippen LogP contribution < -0.4 is 4.90 Å². The lowest BCUT2D eigenvalue weighted by Gasteiger charge is -2.44. The number of carbonyl (C=O) groups is 1. The number of carbonyl (C=O) groups excluding carboxylic acids is 1. The molecular weight excluding hydrogens is 360 g/mol. The van der Waals surface area contributed by atoms with E-state index in [0.717, 1.165) is 11.4 Å². The third-order valence-electron chi connectivity index (χ3n) is 4.84. The third kappa shape index (κ3) is 2.64. The second-order valence-electron chi connectivity index (χ2n) is 6.54. The molecule has 11 heteroatoms. The highest BCUT2D eigenvalue weighted by Crippen LogP contribution is 2.24. The first kappa shape index (κ1) is 16.3. The molecule has 4 aromatic heterocycles. The van der Waals surface area contributed by atoms with Gasteiger partial charge in [0.15, 0.2) is 11.5 Å². The Balaban J connectivity index is 1.35. The molecule has 0 bridgehead atoms. The maximum absolute atomic E-state index is 12.4. The summed E-state index contributed by atoms with van der Waals surface area (Å²) >= 11 is 0. The van der Waals surface area contributed by atoms with Crippen molar-refractivity contribution < 1.29 is 4.79 Å². The lowest BCUT2D eigenvalue weighted by molar-refractivity contribution is 0.0693. The van der Waals surface area contributed by atoms with Crippen LogP contribution in [0.1, 0.15) is 10.6 Å². The summed E-state index contributed by atoms with van der Waals surface area (Å²) in [6, 6.07) is 7.63. The zero-order valence-corrected chi connectivity index (χ0v) is 15.0. The van der Waals surface area contributed by atoms with Crippen molar-refractivity contribution in [1.29, 1.82) is 0 Å². The van der Waals surface area contributed by atoms with Crippen molar-refractivity contribution in [1.82, 2.24) is 44.9 Å². The average Bonchev–Trinajstić information content (AvgIpc) is 3.36. The number of likely N-dealkylation sites (N-methyl/N-ethyl adjacent to an activating group) is 1. The van der Waals surface area contributed by atoms with Gasteiger partial charge in [-0.25, -0.2) is 4.98 Å². The van der Waals surface area contributed by atoms with Crippen molar-refractivity contribution in [2.24, 2.45) is 0 Å². The predicted molar refractivity (Wildman–Crippen MR) is 98.5 cm³/mol. The van der Waals surface area contributed by atoms with E-state index in [9.17, 15) is 4.79 Å². The first-order chi connectivity index (χ1) is 13.7. The number of rotatable bonds is 4. The van der Waals surface area contributed by atoms with Gasteiger partial charge in [0.1, 0.15) is 12.1 Å². The molecule has 11 nitrogen and oxygen atoms in total. The summed E-state index contributed by atoms with van der Waals surface area (Å²) in [5.41, 5.74) is 1.51. The SMILES string of the molecule is CN(C(=O)c1ncn[nH]1)C1CN(c2ccc3nnc(-c4cccnc4)n3n2)C1. The van der Waals surface area contributed by atoms with E-state index in [1.165, 1.54) is 6.33 Å². The zero-order chi connectivity index (χ0) is 19.1. The van der Waals surface area contributed by atoms with Crippen LogP contribution in [0.2, 0.25) is 0 Å². The molecular formula is C17H16N10O. The van der Waals surface area contributed by atoms with Gasteiger partial charge in [0.25, 0.3) is 5.91 Å². The zero-order valence-electron chi connectivity index (χ0n) is 15.0. The molecule has 140 valence electrons. The molecule has 5 rings (SSSR count). The van der Waals surface area contributed by atoms with Gasteiger partial charge in [-0.2, -0.15) is 9.61 Å². The van der Waals surface area contributed by atoms with Gasteiger partial charge in [-0.3, -0.25) is 14.9 Å². The molecule has 1 saturated heterocycles. The van der Waals surface area contributed by atoms with Gasteiger partial charge in [0.05, 0.1) is 6.04 Å². The summed E-state index contributed by atoms with van der Waals surface area (Å²) in [7, 11) is 1.77. The van der Waals surface area contributed by atoms with E-state index in [2.05, 4.69) is 40.4 Å². The van der Waals surface area contributed by atoms with E-state index < -0.39 is 0 Å². The highest BCUT2D eigenvalue weighted by atomic mass is 16.2. The average molecular weight is 376 g/mol. The largest absolute Gasteiger partial charge is 0.351 e. The number of hydrogen-bond acceptors (Lipinski definition) is 8. The number of pyridine rings is 1. The lowest BCUT2D eigenvalue weighted by atomic mass is 10.1. The molecule has 0 aromatic carbocycles. The second-order valence-corrected chi connectivity index (χ2v) is 6.54. The minimum atomic E-state index is -0.178. The van der Waals surface area contributed by atoms with Gasteiger partial charge < -0.3 is 9.80 Å². The number of H-pyrrole nitrogens is 1. The number of anilines is 1. The number of fused-ring (bicyclic) bond motifs is 1. The Kier molecular flexibility index (Phi) is 3.71.